The summed E-state index contributed by atoms with van der Waals surface area (Å²) in [7, 11) is 4.23. The number of nitrogens with zero attached hydrogens (tertiary/aromatic N) is 2. The van der Waals surface area contributed by atoms with E-state index in [4.69, 9.17) is 4.84 Å². The van der Waals surface area contributed by atoms with Crippen molar-refractivity contribution in [2.45, 2.75) is 187 Å². The Morgan fingerprint density at radius 3 is 1.43 bits per heavy atom. The Hall–Kier alpha value is -1.61. The molecular formula is C41H76N2O. The fourth-order valence-electron chi connectivity index (χ4n) is 5.22. The Kier molecular flexibility index (Phi) is 34.6. The minimum atomic E-state index is 0.284. The van der Waals surface area contributed by atoms with Gasteiger partial charge in [0.2, 0.25) is 0 Å². The van der Waals surface area contributed by atoms with E-state index in [0.29, 0.717) is 0 Å². The first-order valence-electron chi connectivity index (χ1n) is 19.0. The molecule has 0 bridgehead atoms. The predicted octanol–water partition coefficient (Wildman–Crippen LogP) is 13.3. The van der Waals surface area contributed by atoms with Crippen molar-refractivity contribution in [2.24, 2.45) is 5.16 Å². The van der Waals surface area contributed by atoms with Crippen LogP contribution in [0.3, 0.4) is 0 Å². The molecule has 3 nitrogen and oxygen atoms in total. The summed E-state index contributed by atoms with van der Waals surface area (Å²) in [4.78, 5) is 8.33. The van der Waals surface area contributed by atoms with Gasteiger partial charge in [0.05, 0.1) is 5.71 Å². The van der Waals surface area contributed by atoms with Gasteiger partial charge in [0.25, 0.3) is 0 Å². The van der Waals surface area contributed by atoms with Crippen molar-refractivity contribution in [2.75, 3.05) is 20.6 Å². The van der Waals surface area contributed by atoms with Gasteiger partial charge in [0, 0.05) is 13.0 Å². The van der Waals surface area contributed by atoms with E-state index in [0.717, 1.165) is 44.4 Å². The summed E-state index contributed by atoms with van der Waals surface area (Å²) >= 11 is 0. The molecule has 3 heteroatoms. The summed E-state index contributed by atoms with van der Waals surface area (Å²) in [6.45, 7) is 7.64. The maximum atomic E-state index is 6.12. The summed E-state index contributed by atoms with van der Waals surface area (Å²) < 4.78 is 0. The minimum Gasteiger partial charge on any atom is -0.393 e. The maximum Gasteiger partial charge on any atom is 0.127 e. The topological polar surface area (TPSA) is 24.8 Å². The van der Waals surface area contributed by atoms with Crippen LogP contribution in [0.4, 0.5) is 0 Å². The van der Waals surface area contributed by atoms with E-state index in [-0.39, 0.29) is 6.10 Å². The van der Waals surface area contributed by atoms with Gasteiger partial charge in [-0.3, -0.25) is 0 Å². The monoisotopic (exact) mass is 613 g/mol. The van der Waals surface area contributed by atoms with Crippen LogP contribution >= 0.6 is 0 Å². The highest BCUT2D eigenvalue weighted by Crippen LogP contribution is 2.18. The average Bonchev–Trinajstić information content (AvgIpc) is 3.02. The van der Waals surface area contributed by atoms with Crippen molar-refractivity contribution in [3.05, 3.63) is 48.6 Å². The van der Waals surface area contributed by atoms with Crippen LogP contribution in [0.2, 0.25) is 0 Å². The third-order valence-electron chi connectivity index (χ3n) is 8.21. The molecule has 0 rings (SSSR count). The highest BCUT2D eigenvalue weighted by Gasteiger charge is 2.10. The minimum absolute atomic E-state index is 0.284. The van der Waals surface area contributed by atoms with Gasteiger partial charge in [-0.05, 0) is 104 Å². The van der Waals surface area contributed by atoms with E-state index in [2.05, 4.69) is 93.5 Å². The number of oxime groups is 1. The fraction of sp³-hybridized carbons (Fsp3) is 0.780. The highest BCUT2D eigenvalue weighted by molar-refractivity contribution is 5.81. The first-order chi connectivity index (χ1) is 21.6. The van der Waals surface area contributed by atoms with E-state index in [1.807, 2.05) is 0 Å². The van der Waals surface area contributed by atoms with Crippen molar-refractivity contribution < 1.29 is 4.84 Å². The van der Waals surface area contributed by atoms with Gasteiger partial charge >= 0.3 is 0 Å². The van der Waals surface area contributed by atoms with Crippen LogP contribution in [-0.4, -0.2) is 37.4 Å². The Balaban J connectivity index is 4.05. The maximum absolute atomic E-state index is 6.12. The Labute approximate surface area is 276 Å². The Morgan fingerprint density at radius 2 is 0.977 bits per heavy atom. The van der Waals surface area contributed by atoms with Gasteiger partial charge in [-0.2, -0.15) is 0 Å². The molecule has 1 atom stereocenters. The lowest BCUT2D eigenvalue weighted by atomic mass is 10.0. The third kappa shape index (κ3) is 34.9. The molecule has 44 heavy (non-hydrogen) atoms. The summed E-state index contributed by atoms with van der Waals surface area (Å²) in [5.41, 5.74) is 1.12. The smallest absolute Gasteiger partial charge is 0.127 e. The van der Waals surface area contributed by atoms with Crippen LogP contribution in [0.15, 0.2) is 53.8 Å². The van der Waals surface area contributed by atoms with Gasteiger partial charge in [-0.25, -0.2) is 0 Å². The number of allylic oxidation sites excluding steroid dienone is 8. The zero-order valence-electron chi connectivity index (χ0n) is 30.4. The summed E-state index contributed by atoms with van der Waals surface area (Å²) in [5, 5.41) is 4.54. The van der Waals surface area contributed by atoms with Gasteiger partial charge in [0.15, 0.2) is 0 Å². The largest absolute Gasteiger partial charge is 0.393 e. The molecule has 0 aromatic heterocycles. The lowest BCUT2D eigenvalue weighted by Crippen LogP contribution is -2.16. The van der Waals surface area contributed by atoms with Crippen molar-refractivity contribution in [1.82, 2.24) is 4.90 Å². The van der Waals surface area contributed by atoms with E-state index < -0.39 is 0 Å². The number of unbranched alkanes of at least 4 members (excludes halogenated alkanes) is 16. The van der Waals surface area contributed by atoms with Crippen molar-refractivity contribution in [3.63, 3.8) is 0 Å². The molecule has 0 N–H and O–H groups in total. The van der Waals surface area contributed by atoms with E-state index in [1.165, 1.54) is 128 Å². The molecule has 0 fully saturated rings. The molecule has 256 valence electrons. The first kappa shape index (κ1) is 42.4. The summed E-state index contributed by atoms with van der Waals surface area (Å²) in [5.74, 6) is 0. The van der Waals surface area contributed by atoms with Crippen LogP contribution in [0.1, 0.15) is 181 Å². The SMILES string of the molecule is CCC/C=C\C/C=C\CCCCCCCCC(CCCCCCCC/C=C\C/C=C\CCCCC)O/N=C(/C)CCN(C)C. The zero-order valence-corrected chi connectivity index (χ0v) is 30.4. The Bertz CT molecular complexity index is 718. The molecule has 0 saturated carbocycles. The van der Waals surface area contributed by atoms with Crippen molar-refractivity contribution in [1.29, 1.82) is 0 Å². The second-order valence-corrected chi connectivity index (χ2v) is 13.1. The van der Waals surface area contributed by atoms with Crippen LogP contribution in [0.5, 0.6) is 0 Å². The number of hydrogen-bond acceptors (Lipinski definition) is 3. The van der Waals surface area contributed by atoms with Crippen molar-refractivity contribution >= 4 is 5.71 Å². The lowest BCUT2D eigenvalue weighted by molar-refractivity contribution is 0.0424. The normalized spacial score (nSPS) is 13.5. The van der Waals surface area contributed by atoms with E-state index >= 15 is 0 Å². The molecule has 0 spiro atoms. The summed E-state index contributed by atoms with van der Waals surface area (Å²) in [6, 6.07) is 0. The average molecular weight is 613 g/mol. The molecular weight excluding hydrogens is 536 g/mol. The molecule has 0 saturated heterocycles. The van der Waals surface area contributed by atoms with Crippen molar-refractivity contribution in [3.8, 4) is 0 Å². The molecule has 0 heterocycles. The van der Waals surface area contributed by atoms with Gasteiger partial charge < -0.3 is 9.74 Å². The summed E-state index contributed by atoms with van der Waals surface area (Å²) in [6.07, 6.45) is 50.6. The second-order valence-electron chi connectivity index (χ2n) is 13.1. The molecule has 0 amide bonds. The molecule has 0 aliphatic carbocycles. The molecule has 0 aliphatic rings. The second kappa shape index (κ2) is 35.9. The fourth-order valence-corrected chi connectivity index (χ4v) is 5.22. The first-order valence-corrected chi connectivity index (χ1v) is 19.0. The molecule has 0 aliphatic heterocycles. The quantitative estimate of drug-likeness (QED) is 0.0319. The predicted molar refractivity (Wildman–Crippen MR) is 200 cm³/mol. The van der Waals surface area contributed by atoms with Crippen LogP contribution in [0, 0.1) is 0 Å². The standard InChI is InChI=1S/C41H76N2O/c1-6-8-10-12-14-16-18-20-22-23-25-27-29-31-33-35-37-41(44-42-40(3)38-39-43(4)5)36-34-32-30-28-26-24-21-19-17-15-13-11-9-7-2/h11,13-14,16-17,19-20,22,41H,6-10,12,15,18,21,23-39H2,1-5H3/b13-11-,16-14-,19-17-,22-20-,42-40-. The van der Waals surface area contributed by atoms with Gasteiger partial charge in [-0.15, -0.1) is 0 Å². The zero-order chi connectivity index (χ0) is 32.2. The molecule has 0 radical (unpaired) electrons. The van der Waals surface area contributed by atoms with Crippen LogP contribution in [0.25, 0.3) is 0 Å². The molecule has 1 unspecified atom stereocenters. The van der Waals surface area contributed by atoms with Crippen LogP contribution in [-0.2, 0) is 4.84 Å². The van der Waals surface area contributed by atoms with Gasteiger partial charge in [0.1, 0.15) is 6.10 Å². The van der Waals surface area contributed by atoms with E-state index in [1.54, 1.807) is 0 Å². The van der Waals surface area contributed by atoms with E-state index in [9.17, 15) is 0 Å². The number of hydrogen-bond donors (Lipinski definition) is 0. The Morgan fingerprint density at radius 1 is 0.545 bits per heavy atom. The highest BCUT2D eigenvalue weighted by atomic mass is 16.6. The van der Waals surface area contributed by atoms with Gasteiger partial charge in [-0.1, -0.05) is 138 Å². The lowest BCUT2D eigenvalue weighted by Gasteiger charge is -2.16. The molecule has 0 aromatic carbocycles. The molecule has 0 aromatic rings. The third-order valence-corrected chi connectivity index (χ3v) is 8.21. The number of rotatable bonds is 33. The van der Waals surface area contributed by atoms with Crippen LogP contribution < -0.4 is 0 Å².